The van der Waals surface area contributed by atoms with Gasteiger partial charge in [-0.3, -0.25) is 0 Å². The van der Waals surface area contributed by atoms with Crippen molar-refractivity contribution in [1.82, 2.24) is 0 Å². The third-order valence-electron chi connectivity index (χ3n) is 0.0760. The van der Waals surface area contributed by atoms with Gasteiger partial charge in [0.25, 0.3) is 5.17 Å². The molecule has 0 aliphatic rings. The first kappa shape index (κ1) is 5.42. The van der Waals surface area contributed by atoms with E-state index in [9.17, 15) is 0 Å². The van der Waals surface area contributed by atoms with Crippen LogP contribution in [0.25, 0.3) is 0 Å². The van der Waals surface area contributed by atoms with Crippen LogP contribution in [0.1, 0.15) is 0 Å². The molecule has 0 saturated carbocycles. The first-order chi connectivity index (χ1) is 2.27. The highest BCUT2D eigenvalue weighted by Crippen LogP contribution is 1.80. The zero-order valence-electron chi connectivity index (χ0n) is 2.27. The van der Waals surface area contributed by atoms with Crippen molar-refractivity contribution in [3.8, 4) is 0 Å². The Morgan fingerprint density at radius 2 is 2.20 bits per heavy atom. The SMILES string of the molecule is NC(=S)OI. The number of thiocarbonyl (C=S) groups is 1. The molecule has 0 unspecified atom stereocenters. The highest BCUT2D eigenvalue weighted by Gasteiger charge is 1.72. The van der Waals surface area contributed by atoms with E-state index in [0.29, 0.717) is 0 Å². The zero-order chi connectivity index (χ0) is 4.28. The van der Waals surface area contributed by atoms with Crippen molar-refractivity contribution in [2.45, 2.75) is 0 Å². The van der Waals surface area contributed by atoms with E-state index in [2.05, 4.69) is 15.3 Å². The van der Waals surface area contributed by atoms with Crippen molar-refractivity contribution in [3.63, 3.8) is 0 Å². The molecule has 30 valence electrons. The van der Waals surface area contributed by atoms with Crippen LogP contribution in [0.4, 0.5) is 0 Å². The third-order valence-corrected chi connectivity index (χ3v) is 0.933. The van der Waals surface area contributed by atoms with Crippen LogP contribution in [-0.4, -0.2) is 5.17 Å². The molecule has 0 heterocycles. The summed E-state index contributed by atoms with van der Waals surface area (Å²) in [5, 5.41) is 0.0746. The van der Waals surface area contributed by atoms with E-state index in [1.807, 2.05) is 0 Å². The van der Waals surface area contributed by atoms with Crippen LogP contribution < -0.4 is 5.73 Å². The first-order valence-corrected chi connectivity index (χ1v) is 2.14. The van der Waals surface area contributed by atoms with Gasteiger partial charge in [0.1, 0.15) is 0 Å². The van der Waals surface area contributed by atoms with Gasteiger partial charge in [0.05, 0.1) is 0 Å². The minimum atomic E-state index is 0.0746. The molecule has 4 heteroatoms. The van der Waals surface area contributed by atoms with Gasteiger partial charge in [0.2, 0.25) is 0 Å². The largest absolute Gasteiger partial charge is 0.400 e. The van der Waals surface area contributed by atoms with Gasteiger partial charge in [0.15, 0.2) is 23.0 Å². The van der Waals surface area contributed by atoms with Gasteiger partial charge in [-0.25, -0.2) is 0 Å². The van der Waals surface area contributed by atoms with Gasteiger partial charge in [0, 0.05) is 0 Å². The van der Waals surface area contributed by atoms with Crippen molar-refractivity contribution in [2.24, 2.45) is 5.73 Å². The molecule has 2 N–H and O–H groups in total. The fourth-order valence-corrected chi connectivity index (χ4v) is 0. The number of nitrogens with two attached hydrogens (primary N) is 1. The topological polar surface area (TPSA) is 35.2 Å². The Hall–Kier alpha value is 0.420. The Morgan fingerprint density at radius 1 is 2.00 bits per heavy atom. The molecule has 0 bridgehead atoms. The first-order valence-electron chi connectivity index (χ1n) is 0.851. The molecule has 0 aromatic rings. The van der Waals surface area contributed by atoms with Gasteiger partial charge >= 0.3 is 0 Å². The molecule has 0 aliphatic heterocycles. The summed E-state index contributed by atoms with van der Waals surface area (Å²) in [6.45, 7) is 0. The van der Waals surface area contributed by atoms with E-state index in [-0.39, 0.29) is 5.17 Å². The quantitative estimate of drug-likeness (QED) is 0.462. The van der Waals surface area contributed by atoms with E-state index in [1.165, 1.54) is 0 Å². The average molecular weight is 203 g/mol. The summed E-state index contributed by atoms with van der Waals surface area (Å²) in [6.07, 6.45) is 0. The second kappa shape index (κ2) is 2.65. The van der Waals surface area contributed by atoms with E-state index in [1.54, 1.807) is 23.0 Å². The minimum absolute atomic E-state index is 0.0746. The van der Waals surface area contributed by atoms with Crippen molar-refractivity contribution in [3.05, 3.63) is 0 Å². The average Bonchev–Trinajstić information content (AvgIpc) is 1.38. The van der Waals surface area contributed by atoms with Crippen molar-refractivity contribution >= 4 is 40.4 Å². The van der Waals surface area contributed by atoms with Crippen LogP contribution in [0.15, 0.2) is 0 Å². The Balaban J connectivity index is 2.85. The molecule has 0 spiro atoms. The maximum atomic E-state index is 4.79. The van der Waals surface area contributed by atoms with Crippen molar-refractivity contribution in [1.29, 1.82) is 0 Å². The number of hydrogen-bond acceptors (Lipinski definition) is 2. The highest BCUT2D eigenvalue weighted by molar-refractivity contribution is 14.1. The van der Waals surface area contributed by atoms with E-state index >= 15 is 0 Å². The standard InChI is InChI=1S/CH2INOS/c2-4-1(3)5/h(H2,3,5). The second-order valence-electron chi connectivity index (χ2n) is 0.396. The molecule has 0 aliphatic carbocycles. The maximum absolute atomic E-state index is 4.79. The van der Waals surface area contributed by atoms with Crippen LogP contribution in [0, 0.1) is 0 Å². The lowest BCUT2D eigenvalue weighted by Gasteiger charge is -1.81. The molecule has 0 radical (unpaired) electrons. The van der Waals surface area contributed by atoms with Crippen LogP contribution in [0.2, 0.25) is 0 Å². The molecular formula is CH2INOS. The Kier molecular flexibility index (Phi) is 2.87. The molecular weight excluding hydrogens is 201 g/mol. The van der Waals surface area contributed by atoms with Crippen molar-refractivity contribution in [2.75, 3.05) is 0 Å². The zero-order valence-corrected chi connectivity index (χ0v) is 5.25. The van der Waals surface area contributed by atoms with Gasteiger partial charge < -0.3 is 8.80 Å². The van der Waals surface area contributed by atoms with E-state index in [4.69, 9.17) is 5.73 Å². The van der Waals surface area contributed by atoms with E-state index in [0.717, 1.165) is 0 Å². The summed E-state index contributed by atoms with van der Waals surface area (Å²) in [4.78, 5) is 0. The smallest absolute Gasteiger partial charge is 0.264 e. The van der Waals surface area contributed by atoms with Gasteiger partial charge in [-0.15, -0.1) is 0 Å². The molecule has 0 saturated heterocycles. The van der Waals surface area contributed by atoms with Gasteiger partial charge in [-0.2, -0.15) is 0 Å². The summed E-state index contributed by atoms with van der Waals surface area (Å²) in [6, 6.07) is 0. The van der Waals surface area contributed by atoms with Crippen LogP contribution in [0.5, 0.6) is 0 Å². The lowest BCUT2D eigenvalue weighted by Crippen LogP contribution is -2.05. The number of halogens is 1. The molecule has 0 fully saturated rings. The monoisotopic (exact) mass is 203 g/mol. The molecule has 5 heavy (non-hydrogen) atoms. The fraction of sp³-hybridized carbons (Fsp3) is 0. The summed E-state index contributed by atoms with van der Waals surface area (Å²) in [7, 11) is 0. The summed E-state index contributed by atoms with van der Waals surface area (Å²) in [5.41, 5.74) is 4.79. The molecule has 0 aromatic carbocycles. The third kappa shape index (κ3) is 4.42. The molecule has 0 amide bonds. The maximum Gasteiger partial charge on any atom is 0.264 e. The summed E-state index contributed by atoms with van der Waals surface area (Å²) < 4.78 is 4.23. The van der Waals surface area contributed by atoms with E-state index < -0.39 is 0 Å². The summed E-state index contributed by atoms with van der Waals surface area (Å²) in [5.74, 6) is 0. The van der Waals surface area contributed by atoms with Gasteiger partial charge in [-0.05, 0) is 12.2 Å². The summed E-state index contributed by atoms with van der Waals surface area (Å²) >= 11 is 5.86. The number of hydrogen-bond donors (Lipinski definition) is 1. The lowest BCUT2D eigenvalue weighted by molar-refractivity contribution is 0.729. The van der Waals surface area contributed by atoms with Crippen LogP contribution in [-0.2, 0) is 3.07 Å². The highest BCUT2D eigenvalue weighted by atomic mass is 127. The Bertz CT molecular complexity index is 46.9. The second-order valence-corrected chi connectivity index (χ2v) is 1.24. The molecule has 0 aromatic heterocycles. The molecule has 0 atom stereocenters. The lowest BCUT2D eigenvalue weighted by atomic mass is 11.4. The predicted octanol–water partition coefficient (Wildman–Crippen LogP) is 0.597. The minimum Gasteiger partial charge on any atom is -0.400 e. The predicted molar refractivity (Wildman–Crippen MR) is 31.9 cm³/mol. The Labute approximate surface area is 49.4 Å². The fourth-order valence-electron chi connectivity index (χ4n) is 0. The Morgan fingerprint density at radius 3 is 2.20 bits per heavy atom. The molecule has 2 nitrogen and oxygen atoms in total. The molecule has 0 rings (SSSR count). The van der Waals surface area contributed by atoms with Crippen LogP contribution in [0.3, 0.4) is 0 Å². The normalized spacial score (nSPS) is 6.60. The van der Waals surface area contributed by atoms with Crippen molar-refractivity contribution < 1.29 is 3.07 Å². The van der Waals surface area contributed by atoms with Gasteiger partial charge in [-0.1, -0.05) is 0 Å². The number of rotatable bonds is 0. The van der Waals surface area contributed by atoms with Crippen LogP contribution >= 0.6 is 35.2 Å².